The molecule has 0 bridgehead atoms. The summed E-state index contributed by atoms with van der Waals surface area (Å²) in [6.07, 6.45) is 0. The Morgan fingerprint density at radius 1 is 1.11 bits per heavy atom. The molecule has 8 nitrogen and oxygen atoms in total. The Hall–Kier alpha value is -3.68. The van der Waals surface area contributed by atoms with Gasteiger partial charge in [0.05, 0.1) is 5.57 Å². The van der Waals surface area contributed by atoms with E-state index in [9.17, 15) is 4.79 Å². The molecular formula is C20H21N7O. The summed E-state index contributed by atoms with van der Waals surface area (Å²) in [4.78, 5) is 15.2. The summed E-state index contributed by atoms with van der Waals surface area (Å²) in [6, 6.07) is 17.0. The summed E-state index contributed by atoms with van der Waals surface area (Å²) in [7, 11) is 3.98. The molecule has 2 N–H and O–H groups in total. The number of hydrogen-bond acceptors (Lipinski definition) is 6. The molecule has 1 unspecified atom stereocenters. The molecule has 1 atom stereocenters. The second kappa shape index (κ2) is 7.15. The molecule has 142 valence electrons. The number of fused-ring (bicyclic) bond motifs is 1. The van der Waals surface area contributed by atoms with E-state index in [4.69, 9.17) is 0 Å². The molecule has 0 aliphatic carbocycles. The first-order chi connectivity index (χ1) is 13.5. The lowest BCUT2D eigenvalue weighted by molar-refractivity contribution is -0.113. The number of nitrogens with zero attached hydrogens (tertiary/aromatic N) is 5. The fourth-order valence-corrected chi connectivity index (χ4v) is 3.29. The highest BCUT2D eigenvalue weighted by atomic mass is 16.1. The van der Waals surface area contributed by atoms with Gasteiger partial charge in [-0.15, -0.1) is 0 Å². The maximum Gasteiger partial charge on any atom is 0.255 e. The van der Waals surface area contributed by atoms with Crippen LogP contribution in [-0.2, 0) is 4.79 Å². The van der Waals surface area contributed by atoms with Gasteiger partial charge in [0.15, 0.2) is 0 Å². The average Bonchev–Trinajstić information content (AvgIpc) is 3.15. The lowest BCUT2D eigenvalue weighted by Gasteiger charge is -2.28. The van der Waals surface area contributed by atoms with E-state index >= 15 is 0 Å². The van der Waals surface area contributed by atoms with Gasteiger partial charge in [-0.2, -0.15) is 4.68 Å². The maximum atomic E-state index is 13.2. The van der Waals surface area contributed by atoms with Crippen molar-refractivity contribution in [1.82, 2.24) is 20.2 Å². The quantitative estimate of drug-likeness (QED) is 0.729. The third-order valence-electron chi connectivity index (χ3n) is 4.72. The molecule has 28 heavy (non-hydrogen) atoms. The Kier molecular flexibility index (Phi) is 4.52. The van der Waals surface area contributed by atoms with Gasteiger partial charge in [0, 0.05) is 31.2 Å². The minimum atomic E-state index is -0.425. The van der Waals surface area contributed by atoms with Gasteiger partial charge in [-0.25, -0.2) is 0 Å². The highest BCUT2D eigenvalue weighted by molar-refractivity contribution is 6.06. The van der Waals surface area contributed by atoms with Crippen LogP contribution in [0.15, 0.2) is 65.9 Å². The van der Waals surface area contributed by atoms with Crippen LogP contribution in [0.4, 0.5) is 17.3 Å². The molecule has 0 saturated carbocycles. The van der Waals surface area contributed by atoms with Crippen LogP contribution in [0, 0.1) is 0 Å². The van der Waals surface area contributed by atoms with Crippen molar-refractivity contribution in [3.05, 3.63) is 71.4 Å². The third kappa shape index (κ3) is 3.20. The van der Waals surface area contributed by atoms with E-state index in [0.29, 0.717) is 11.5 Å². The number of allylic oxidation sites excluding steroid dienone is 1. The molecule has 4 rings (SSSR count). The van der Waals surface area contributed by atoms with Crippen LogP contribution in [0.3, 0.4) is 0 Å². The molecule has 1 aliphatic rings. The van der Waals surface area contributed by atoms with Crippen molar-refractivity contribution in [2.24, 2.45) is 0 Å². The van der Waals surface area contributed by atoms with Crippen LogP contribution < -0.4 is 15.5 Å². The number of amides is 1. The van der Waals surface area contributed by atoms with Gasteiger partial charge in [-0.05, 0) is 47.2 Å². The number of para-hydroxylation sites is 1. The molecule has 1 aromatic heterocycles. The largest absolute Gasteiger partial charge is 0.378 e. The molecule has 3 aromatic rings. The first-order valence-electron chi connectivity index (χ1n) is 8.94. The fourth-order valence-electron chi connectivity index (χ4n) is 3.29. The van der Waals surface area contributed by atoms with Gasteiger partial charge in [0.2, 0.25) is 5.95 Å². The predicted octanol–water partition coefficient (Wildman–Crippen LogP) is 2.67. The first-order valence-corrected chi connectivity index (χ1v) is 8.94. The number of aromatic nitrogens is 4. The first kappa shape index (κ1) is 17.7. The summed E-state index contributed by atoms with van der Waals surface area (Å²) in [5.41, 5.74) is 4.03. The van der Waals surface area contributed by atoms with E-state index in [0.717, 1.165) is 22.6 Å². The number of nitrogens with one attached hydrogen (secondary N) is 2. The van der Waals surface area contributed by atoms with Gasteiger partial charge in [-0.3, -0.25) is 4.79 Å². The zero-order valence-corrected chi connectivity index (χ0v) is 15.9. The Morgan fingerprint density at radius 3 is 2.50 bits per heavy atom. The zero-order chi connectivity index (χ0) is 19.7. The van der Waals surface area contributed by atoms with Gasteiger partial charge in [-0.1, -0.05) is 35.4 Å². The van der Waals surface area contributed by atoms with Gasteiger partial charge < -0.3 is 15.5 Å². The molecule has 2 aromatic carbocycles. The van der Waals surface area contributed by atoms with Crippen molar-refractivity contribution in [3.8, 4) is 0 Å². The molecular weight excluding hydrogens is 354 g/mol. The normalized spacial score (nSPS) is 15.6. The minimum Gasteiger partial charge on any atom is -0.378 e. The van der Waals surface area contributed by atoms with Crippen molar-refractivity contribution in [2.75, 3.05) is 29.6 Å². The van der Waals surface area contributed by atoms with Crippen molar-refractivity contribution in [2.45, 2.75) is 13.0 Å². The van der Waals surface area contributed by atoms with Crippen molar-refractivity contribution >= 4 is 23.2 Å². The van der Waals surface area contributed by atoms with E-state index in [2.05, 4.69) is 26.2 Å². The highest BCUT2D eigenvalue weighted by Crippen LogP contribution is 2.35. The van der Waals surface area contributed by atoms with Crippen molar-refractivity contribution < 1.29 is 4.79 Å². The van der Waals surface area contributed by atoms with Crippen LogP contribution in [-0.4, -0.2) is 40.2 Å². The van der Waals surface area contributed by atoms with E-state index in [1.165, 1.54) is 0 Å². The van der Waals surface area contributed by atoms with Crippen LogP contribution in [0.25, 0.3) is 0 Å². The van der Waals surface area contributed by atoms with Crippen molar-refractivity contribution in [1.29, 1.82) is 0 Å². The second-order valence-corrected chi connectivity index (χ2v) is 6.82. The number of benzene rings is 2. The minimum absolute atomic E-state index is 0.195. The molecule has 0 saturated heterocycles. The molecule has 0 radical (unpaired) electrons. The predicted molar refractivity (Wildman–Crippen MR) is 108 cm³/mol. The lowest BCUT2D eigenvalue weighted by Crippen LogP contribution is -2.31. The van der Waals surface area contributed by atoms with Gasteiger partial charge >= 0.3 is 0 Å². The van der Waals surface area contributed by atoms with E-state index in [1.807, 2.05) is 80.5 Å². The van der Waals surface area contributed by atoms with Crippen LogP contribution >= 0.6 is 0 Å². The Morgan fingerprint density at radius 2 is 1.82 bits per heavy atom. The number of carbonyl (C=O) groups excluding carboxylic acids is 1. The molecule has 0 fully saturated rings. The molecule has 8 heteroatoms. The molecule has 1 amide bonds. The Labute approximate surface area is 162 Å². The Balaban J connectivity index is 1.75. The molecule has 2 heterocycles. The number of anilines is 3. The van der Waals surface area contributed by atoms with E-state index < -0.39 is 6.04 Å². The molecule has 0 spiro atoms. The molecule has 1 aliphatic heterocycles. The summed E-state index contributed by atoms with van der Waals surface area (Å²) < 4.78 is 1.64. The number of tetrazole rings is 1. The van der Waals surface area contributed by atoms with E-state index in [1.54, 1.807) is 4.68 Å². The van der Waals surface area contributed by atoms with Crippen molar-refractivity contribution in [3.63, 3.8) is 0 Å². The zero-order valence-electron chi connectivity index (χ0n) is 15.9. The SMILES string of the molecule is CC1=C(C(=O)Nc2ccccc2)C(c2ccc(N(C)C)cc2)n2nnnc2N1. The van der Waals surface area contributed by atoms with Gasteiger partial charge in [0.1, 0.15) is 6.04 Å². The summed E-state index contributed by atoms with van der Waals surface area (Å²) in [5.74, 6) is 0.314. The Bertz CT molecular complexity index is 1020. The fraction of sp³-hybridized carbons (Fsp3) is 0.200. The average molecular weight is 375 g/mol. The number of rotatable bonds is 4. The van der Waals surface area contributed by atoms with Crippen LogP contribution in [0.1, 0.15) is 18.5 Å². The lowest BCUT2D eigenvalue weighted by atomic mass is 9.94. The van der Waals surface area contributed by atoms with Gasteiger partial charge in [0.25, 0.3) is 5.91 Å². The van der Waals surface area contributed by atoms with E-state index in [-0.39, 0.29) is 5.91 Å². The third-order valence-corrected chi connectivity index (χ3v) is 4.72. The maximum absolute atomic E-state index is 13.2. The number of hydrogen-bond donors (Lipinski definition) is 2. The standard InChI is InChI=1S/C20H21N7O/c1-13-17(19(28)22-15-7-5-4-6-8-15)18(27-20(21-13)23-24-25-27)14-9-11-16(12-10-14)26(2)3/h4-12,18H,1-3H3,(H,22,28)(H,21,23,25). The second-order valence-electron chi connectivity index (χ2n) is 6.82. The summed E-state index contributed by atoms with van der Waals surface area (Å²) >= 11 is 0. The van der Waals surface area contributed by atoms with Crippen LogP contribution in [0.5, 0.6) is 0 Å². The topological polar surface area (TPSA) is 88.0 Å². The van der Waals surface area contributed by atoms with Crippen LogP contribution in [0.2, 0.25) is 0 Å². The highest BCUT2D eigenvalue weighted by Gasteiger charge is 2.34. The monoisotopic (exact) mass is 375 g/mol. The summed E-state index contributed by atoms with van der Waals surface area (Å²) in [6.45, 7) is 1.86. The summed E-state index contributed by atoms with van der Waals surface area (Å²) in [5, 5.41) is 18.0. The number of carbonyl (C=O) groups is 1. The smallest absolute Gasteiger partial charge is 0.255 e.